The van der Waals surface area contributed by atoms with E-state index in [1.165, 1.54) is 57.8 Å². The maximum absolute atomic E-state index is 6.62. The van der Waals surface area contributed by atoms with Crippen LogP contribution in [0.2, 0.25) is 0 Å². The van der Waals surface area contributed by atoms with Crippen molar-refractivity contribution in [3.05, 3.63) is 132 Å². The Labute approximate surface area is 302 Å². The van der Waals surface area contributed by atoms with E-state index in [1.54, 1.807) is 0 Å². The molecule has 51 heavy (non-hydrogen) atoms. The van der Waals surface area contributed by atoms with Gasteiger partial charge in [-0.2, -0.15) is 5.10 Å². The van der Waals surface area contributed by atoms with Crippen molar-refractivity contribution in [2.45, 2.75) is 80.1 Å². The molecule has 5 nitrogen and oxygen atoms in total. The summed E-state index contributed by atoms with van der Waals surface area (Å²) in [6.45, 7) is 13.4. The third kappa shape index (κ3) is 7.49. The molecular formula is C46H50N4O. The Bertz CT molecular complexity index is 2270. The molecule has 0 fully saturated rings. The molecule has 0 N–H and O–H groups in total. The first kappa shape index (κ1) is 34.3. The molecule has 0 aliphatic rings. The molecule has 260 valence electrons. The number of aryl methyl sites for hydroxylation is 3. The molecule has 3 heterocycles. The minimum atomic E-state index is 0.652. The number of nitrogens with zero attached hydrogens (tertiary/aromatic N) is 4. The van der Waals surface area contributed by atoms with Crippen molar-refractivity contribution in [1.29, 1.82) is 0 Å². The first-order valence-corrected chi connectivity index (χ1v) is 18.7. The number of fused-ring (bicyclic) bond motifs is 3. The highest BCUT2D eigenvalue weighted by molar-refractivity contribution is 6.09. The molecule has 0 radical (unpaired) electrons. The number of rotatable bonds is 13. The Kier molecular flexibility index (Phi) is 10.1. The number of aromatic nitrogens is 4. The molecule has 3 aromatic heterocycles. The second-order valence-corrected chi connectivity index (χ2v) is 14.9. The van der Waals surface area contributed by atoms with E-state index in [0.717, 1.165) is 65.1 Å². The summed E-state index contributed by atoms with van der Waals surface area (Å²) in [5.74, 6) is 3.89. The standard InChI is InChI=1S/C46H50N4O/c1-31(2)13-10-11-14-35-21-24-43-42(27-35)41-23-22-40(30-44(41)49(43)45-28-36(25-26-47-45)20-19-32(3)4)51-39-18-12-17-38(29-39)50-34(6)46(33(5)48-50)37-15-8-7-9-16-37/h7-9,12,15-18,21-32H,10-11,13-14,19-20H2,1-6H3. The quantitative estimate of drug-likeness (QED) is 0.114. The van der Waals surface area contributed by atoms with Crippen LogP contribution in [0.3, 0.4) is 0 Å². The molecule has 0 aliphatic heterocycles. The van der Waals surface area contributed by atoms with E-state index in [9.17, 15) is 0 Å². The van der Waals surface area contributed by atoms with Gasteiger partial charge in [0.1, 0.15) is 17.3 Å². The average molecular weight is 675 g/mol. The van der Waals surface area contributed by atoms with Crippen molar-refractivity contribution in [2.24, 2.45) is 11.8 Å². The maximum Gasteiger partial charge on any atom is 0.137 e. The summed E-state index contributed by atoms with van der Waals surface area (Å²) >= 11 is 0. The molecule has 0 bridgehead atoms. The van der Waals surface area contributed by atoms with E-state index in [-0.39, 0.29) is 0 Å². The lowest BCUT2D eigenvalue weighted by atomic mass is 10.0. The van der Waals surface area contributed by atoms with Crippen molar-refractivity contribution < 1.29 is 4.74 Å². The van der Waals surface area contributed by atoms with Gasteiger partial charge in [0.05, 0.1) is 22.4 Å². The fraction of sp³-hybridized carbons (Fsp3) is 0.304. The van der Waals surface area contributed by atoms with Crippen molar-refractivity contribution in [3.63, 3.8) is 0 Å². The van der Waals surface area contributed by atoms with Gasteiger partial charge in [-0.25, -0.2) is 9.67 Å². The van der Waals surface area contributed by atoms with Gasteiger partial charge in [0.2, 0.25) is 0 Å². The lowest BCUT2D eigenvalue weighted by Gasteiger charge is -2.12. The Morgan fingerprint density at radius 3 is 2.24 bits per heavy atom. The van der Waals surface area contributed by atoms with Crippen molar-refractivity contribution in [3.8, 4) is 34.1 Å². The number of pyridine rings is 1. The minimum absolute atomic E-state index is 0.652. The SMILES string of the molecule is Cc1nn(-c2cccc(Oc3ccc4c5cc(CCCCC(C)C)ccc5n(-c5cc(CCC(C)C)ccn5)c4c3)c2)c(C)c1-c1ccccc1. The van der Waals surface area contributed by atoms with Gasteiger partial charge in [0, 0.05) is 40.4 Å². The second kappa shape index (κ2) is 15.0. The fourth-order valence-corrected chi connectivity index (χ4v) is 7.32. The Morgan fingerprint density at radius 1 is 0.647 bits per heavy atom. The van der Waals surface area contributed by atoms with E-state index in [1.807, 2.05) is 29.1 Å². The molecule has 0 atom stereocenters. The lowest BCUT2D eigenvalue weighted by molar-refractivity contribution is 0.482. The molecule has 0 amide bonds. The zero-order chi connectivity index (χ0) is 35.5. The van der Waals surface area contributed by atoms with Crippen LogP contribution in [0.5, 0.6) is 11.5 Å². The van der Waals surface area contributed by atoms with E-state index in [4.69, 9.17) is 14.8 Å². The zero-order valence-corrected chi connectivity index (χ0v) is 31.0. The zero-order valence-electron chi connectivity index (χ0n) is 31.0. The molecule has 0 spiro atoms. The van der Waals surface area contributed by atoms with Crippen molar-refractivity contribution >= 4 is 21.8 Å². The molecule has 4 aromatic carbocycles. The van der Waals surface area contributed by atoms with Gasteiger partial charge in [-0.3, -0.25) is 4.57 Å². The predicted molar refractivity (Wildman–Crippen MR) is 213 cm³/mol. The normalized spacial score (nSPS) is 11.8. The van der Waals surface area contributed by atoms with Crippen LogP contribution in [0.25, 0.3) is 44.4 Å². The van der Waals surface area contributed by atoms with Gasteiger partial charge >= 0.3 is 0 Å². The Balaban J connectivity index is 1.25. The molecule has 7 aromatic rings. The number of hydrogen-bond acceptors (Lipinski definition) is 3. The minimum Gasteiger partial charge on any atom is -0.457 e. The van der Waals surface area contributed by atoms with Crippen LogP contribution in [0, 0.1) is 25.7 Å². The fourth-order valence-electron chi connectivity index (χ4n) is 7.32. The van der Waals surface area contributed by atoms with E-state index in [2.05, 4.69) is 131 Å². The van der Waals surface area contributed by atoms with Gasteiger partial charge in [-0.05, 0) is 117 Å². The summed E-state index contributed by atoms with van der Waals surface area (Å²) in [5, 5.41) is 7.40. The summed E-state index contributed by atoms with van der Waals surface area (Å²) < 4.78 is 11.0. The van der Waals surface area contributed by atoms with E-state index in [0.29, 0.717) is 5.92 Å². The molecule has 7 rings (SSSR count). The second-order valence-electron chi connectivity index (χ2n) is 14.9. The van der Waals surface area contributed by atoms with Gasteiger partial charge in [0.25, 0.3) is 0 Å². The highest BCUT2D eigenvalue weighted by atomic mass is 16.5. The largest absolute Gasteiger partial charge is 0.457 e. The van der Waals surface area contributed by atoms with Gasteiger partial charge in [-0.15, -0.1) is 0 Å². The highest BCUT2D eigenvalue weighted by Crippen LogP contribution is 2.37. The topological polar surface area (TPSA) is 44.9 Å². The molecule has 5 heteroatoms. The monoisotopic (exact) mass is 674 g/mol. The summed E-state index contributed by atoms with van der Waals surface area (Å²) in [7, 11) is 0. The lowest BCUT2D eigenvalue weighted by Crippen LogP contribution is -2.00. The predicted octanol–water partition coefficient (Wildman–Crippen LogP) is 12.4. The average Bonchev–Trinajstić information content (AvgIpc) is 3.61. The molecule has 0 aliphatic carbocycles. The molecule has 0 saturated heterocycles. The van der Waals surface area contributed by atoms with Crippen LogP contribution in [-0.4, -0.2) is 19.3 Å². The molecule has 0 unspecified atom stereocenters. The van der Waals surface area contributed by atoms with Crippen LogP contribution in [0.4, 0.5) is 0 Å². The van der Waals surface area contributed by atoms with Crippen LogP contribution in [-0.2, 0) is 12.8 Å². The number of benzene rings is 4. The smallest absolute Gasteiger partial charge is 0.137 e. The maximum atomic E-state index is 6.62. The third-order valence-electron chi connectivity index (χ3n) is 10.0. The number of hydrogen-bond donors (Lipinski definition) is 0. The van der Waals surface area contributed by atoms with Gasteiger partial charge < -0.3 is 4.74 Å². The highest BCUT2D eigenvalue weighted by Gasteiger charge is 2.17. The van der Waals surface area contributed by atoms with Crippen molar-refractivity contribution in [2.75, 3.05) is 0 Å². The Morgan fingerprint density at radius 2 is 1.43 bits per heavy atom. The van der Waals surface area contributed by atoms with E-state index >= 15 is 0 Å². The van der Waals surface area contributed by atoms with Gasteiger partial charge in [0.15, 0.2) is 0 Å². The number of ether oxygens (including phenoxy) is 1. The first-order chi connectivity index (χ1) is 24.7. The first-order valence-electron chi connectivity index (χ1n) is 18.7. The summed E-state index contributed by atoms with van der Waals surface area (Å²) in [6.07, 6.45) is 9.00. The molecular weight excluding hydrogens is 625 g/mol. The van der Waals surface area contributed by atoms with Crippen LogP contribution in [0.15, 0.2) is 109 Å². The third-order valence-corrected chi connectivity index (χ3v) is 10.0. The van der Waals surface area contributed by atoms with Crippen molar-refractivity contribution in [1.82, 2.24) is 19.3 Å². The summed E-state index contributed by atoms with van der Waals surface area (Å²) in [5.41, 5.74) is 10.4. The van der Waals surface area contributed by atoms with Gasteiger partial charge in [-0.1, -0.05) is 83.0 Å². The summed E-state index contributed by atoms with van der Waals surface area (Å²) in [4.78, 5) is 4.92. The van der Waals surface area contributed by atoms with Crippen LogP contribution >= 0.6 is 0 Å². The van der Waals surface area contributed by atoms with E-state index < -0.39 is 0 Å². The summed E-state index contributed by atoms with van der Waals surface area (Å²) in [6, 6.07) is 36.6. The molecule has 0 saturated carbocycles. The van der Waals surface area contributed by atoms with Crippen LogP contribution in [0.1, 0.15) is 75.9 Å². The Hall–Kier alpha value is -5.16. The number of unbranched alkanes of at least 4 members (excludes halogenated alkanes) is 1. The van der Waals surface area contributed by atoms with Crippen LogP contribution < -0.4 is 4.74 Å².